The maximum Gasteiger partial charge on any atom is 0.407 e. The summed E-state index contributed by atoms with van der Waals surface area (Å²) in [5.41, 5.74) is 9.76. The van der Waals surface area contributed by atoms with Gasteiger partial charge in [0.2, 0.25) is 11.8 Å². The molecule has 5 N–H and O–H groups in total. The minimum absolute atomic E-state index is 0.136. The quantitative estimate of drug-likeness (QED) is 0.221. The fourth-order valence-corrected chi connectivity index (χ4v) is 5.36. The number of carbonyl (C=O) groups is 3. The highest BCUT2D eigenvalue weighted by Gasteiger charge is 2.33. The van der Waals surface area contributed by atoms with E-state index in [4.69, 9.17) is 10.5 Å². The molecule has 2 heterocycles. The van der Waals surface area contributed by atoms with Crippen LogP contribution in [0.15, 0.2) is 85.1 Å². The van der Waals surface area contributed by atoms with E-state index in [2.05, 4.69) is 20.5 Å². The highest BCUT2D eigenvalue weighted by molar-refractivity contribution is 5.92. The standard InChI is InChI=1S/C34H40N6O4/c1-34(2,35)32(42)38-29(20-26-22-36-28-14-8-7-13-27(26)28)31(41)40-18-16-39(17-19-40)30-15-9-6-12-25(30)21-37-33(43)44-23-24-10-4-3-5-11-24/h3-15,22,29,36H,16-21,23,35H2,1-2H3,(H,37,43)(H,38,42)/t29-/m1/s1. The molecular formula is C34H40N6O4. The molecule has 0 bridgehead atoms. The van der Waals surface area contributed by atoms with Crippen molar-refractivity contribution in [3.05, 3.63) is 102 Å². The lowest BCUT2D eigenvalue weighted by molar-refractivity contribution is -0.137. The van der Waals surface area contributed by atoms with Gasteiger partial charge in [-0.25, -0.2) is 4.79 Å². The Labute approximate surface area is 257 Å². The van der Waals surface area contributed by atoms with E-state index in [0.29, 0.717) is 39.1 Å². The highest BCUT2D eigenvalue weighted by Crippen LogP contribution is 2.24. The number of hydrogen-bond acceptors (Lipinski definition) is 6. The molecule has 1 saturated heterocycles. The van der Waals surface area contributed by atoms with Gasteiger partial charge < -0.3 is 35.9 Å². The number of amides is 3. The third-order valence-electron chi connectivity index (χ3n) is 7.85. The number of nitrogens with one attached hydrogen (secondary N) is 3. The maximum atomic E-state index is 13.9. The number of benzene rings is 3. The molecule has 0 unspecified atom stereocenters. The fourth-order valence-electron chi connectivity index (χ4n) is 5.36. The number of aromatic nitrogens is 1. The van der Waals surface area contributed by atoms with E-state index >= 15 is 0 Å². The number of ether oxygens (including phenoxy) is 1. The minimum atomic E-state index is -1.12. The predicted molar refractivity (Wildman–Crippen MR) is 171 cm³/mol. The summed E-state index contributed by atoms with van der Waals surface area (Å²) in [6, 6.07) is 24.6. The molecular weight excluding hydrogens is 556 g/mol. The number of nitrogens with zero attached hydrogens (tertiary/aromatic N) is 2. The van der Waals surface area contributed by atoms with Crippen LogP contribution in [0, 0.1) is 0 Å². The number of para-hydroxylation sites is 2. The molecule has 5 rings (SSSR count). The van der Waals surface area contributed by atoms with Gasteiger partial charge in [0.1, 0.15) is 12.6 Å². The summed E-state index contributed by atoms with van der Waals surface area (Å²) in [6.07, 6.45) is 1.76. The Morgan fingerprint density at radius 1 is 0.909 bits per heavy atom. The first kappa shape index (κ1) is 30.6. The van der Waals surface area contributed by atoms with E-state index in [-0.39, 0.29) is 18.4 Å². The number of hydrogen-bond donors (Lipinski definition) is 4. The Morgan fingerprint density at radius 2 is 1.59 bits per heavy atom. The van der Waals surface area contributed by atoms with Crippen molar-refractivity contribution in [1.29, 1.82) is 0 Å². The Hall–Kier alpha value is -4.83. The van der Waals surface area contributed by atoms with E-state index in [0.717, 1.165) is 33.3 Å². The zero-order valence-corrected chi connectivity index (χ0v) is 25.2. The van der Waals surface area contributed by atoms with E-state index in [9.17, 15) is 14.4 Å². The van der Waals surface area contributed by atoms with Crippen molar-refractivity contribution in [1.82, 2.24) is 20.5 Å². The minimum Gasteiger partial charge on any atom is -0.445 e. The molecule has 10 heteroatoms. The van der Waals surface area contributed by atoms with Gasteiger partial charge in [0, 0.05) is 61.9 Å². The number of H-pyrrole nitrogens is 1. The molecule has 0 radical (unpaired) electrons. The molecule has 1 aliphatic heterocycles. The topological polar surface area (TPSA) is 133 Å². The molecule has 1 fully saturated rings. The lowest BCUT2D eigenvalue weighted by atomic mass is 10.0. The van der Waals surface area contributed by atoms with Gasteiger partial charge in [0.15, 0.2) is 0 Å². The molecule has 44 heavy (non-hydrogen) atoms. The highest BCUT2D eigenvalue weighted by atomic mass is 16.5. The molecule has 3 amide bonds. The average Bonchev–Trinajstić information content (AvgIpc) is 3.45. The van der Waals surface area contributed by atoms with Crippen molar-refractivity contribution >= 4 is 34.5 Å². The normalized spacial score (nSPS) is 14.2. The molecule has 1 aliphatic rings. The van der Waals surface area contributed by atoms with Gasteiger partial charge in [0.25, 0.3) is 0 Å². The summed E-state index contributed by atoms with van der Waals surface area (Å²) >= 11 is 0. The summed E-state index contributed by atoms with van der Waals surface area (Å²) in [4.78, 5) is 46.4. The summed E-state index contributed by atoms with van der Waals surface area (Å²) < 4.78 is 5.36. The number of anilines is 1. The molecule has 4 aromatic rings. The number of nitrogens with two attached hydrogens (primary N) is 1. The first-order valence-corrected chi connectivity index (χ1v) is 14.9. The Bertz CT molecular complexity index is 1590. The number of alkyl carbamates (subject to hydrolysis) is 1. The monoisotopic (exact) mass is 596 g/mol. The van der Waals surface area contributed by atoms with Crippen molar-refractivity contribution in [2.24, 2.45) is 5.73 Å². The predicted octanol–water partition coefficient (Wildman–Crippen LogP) is 3.71. The average molecular weight is 597 g/mol. The van der Waals surface area contributed by atoms with Crippen molar-refractivity contribution in [3.63, 3.8) is 0 Å². The third-order valence-corrected chi connectivity index (χ3v) is 7.85. The Kier molecular flexibility index (Phi) is 9.50. The van der Waals surface area contributed by atoms with Crippen LogP contribution in [0.5, 0.6) is 0 Å². The van der Waals surface area contributed by atoms with Crippen molar-refractivity contribution in [2.45, 2.75) is 45.0 Å². The van der Waals surface area contributed by atoms with Gasteiger partial charge in [-0.3, -0.25) is 9.59 Å². The van der Waals surface area contributed by atoms with Crippen LogP contribution in [0.4, 0.5) is 10.5 Å². The Morgan fingerprint density at radius 3 is 2.34 bits per heavy atom. The van der Waals surface area contributed by atoms with Gasteiger partial charge >= 0.3 is 6.09 Å². The SMILES string of the molecule is CC(C)(N)C(=O)N[C@H](Cc1c[nH]c2ccccc12)C(=O)N1CCN(c2ccccc2CNC(=O)OCc2ccccc2)CC1. The number of carbonyl (C=O) groups excluding carboxylic acids is 3. The Balaban J connectivity index is 1.21. The number of fused-ring (bicyclic) bond motifs is 1. The smallest absolute Gasteiger partial charge is 0.407 e. The molecule has 10 nitrogen and oxygen atoms in total. The van der Waals surface area contributed by atoms with Gasteiger partial charge in [-0.1, -0.05) is 66.7 Å². The van der Waals surface area contributed by atoms with Crippen molar-refractivity contribution in [2.75, 3.05) is 31.1 Å². The third kappa shape index (κ3) is 7.57. The van der Waals surface area contributed by atoms with Gasteiger partial charge in [-0.15, -0.1) is 0 Å². The van der Waals surface area contributed by atoms with E-state index < -0.39 is 17.7 Å². The van der Waals surface area contributed by atoms with Crippen LogP contribution in [-0.4, -0.2) is 65.6 Å². The molecule has 1 atom stereocenters. The summed E-state index contributed by atoms with van der Waals surface area (Å²) in [5, 5.41) is 6.79. The molecule has 0 saturated carbocycles. The second-order valence-corrected chi connectivity index (χ2v) is 11.7. The lowest BCUT2D eigenvalue weighted by Crippen LogP contribution is -2.59. The lowest BCUT2D eigenvalue weighted by Gasteiger charge is -2.38. The second-order valence-electron chi connectivity index (χ2n) is 11.7. The van der Waals surface area contributed by atoms with Crippen LogP contribution in [0.1, 0.15) is 30.5 Å². The van der Waals surface area contributed by atoms with Crippen LogP contribution in [0.3, 0.4) is 0 Å². The van der Waals surface area contributed by atoms with E-state index in [1.54, 1.807) is 13.8 Å². The van der Waals surface area contributed by atoms with E-state index in [1.807, 2.05) is 90.0 Å². The van der Waals surface area contributed by atoms with Crippen LogP contribution in [-0.2, 0) is 33.9 Å². The zero-order valence-electron chi connectivity index (χ0n) is 25.2. The number of rotatable bonds is 10. The van der Waals surface area contributed by atoms with Crippen LogP contribution >= 0.6 is 0 Å². The first-order valence-electron chi connectivity index (χ1n) is 14.9. The van der Waals surface area contributed by atoms with Crippen LogP contribution < -0.4 is 21.3 Å². The molecule has 3 aromatic carbocycles. The van der Waals surface area contributed by atoms with Crippen molar-refractivity contribution < 1.29 is 19.1 Å². The van der Waals surface area contributed by atoms with Gasteiger partial charge in [0.05, 0.1) is 5.54 Å². The first-order chi connectivity index (χ1) is 21.2. The second kappa shape index (κ2) is 13.6. The number of aromatic amines is 1. The maximum absolute atomic E-state index is 13.9. The van der Waals surface area contributed by atoms with Gasteiger partial charge in [-0.05, 0) is 42.7 Å². The summed E-state index contributed by atoms with van der Waals surface area (Å²) in [5.74, 6) is -0.512. The summed E-state index contributed by atoms with van der Waals surface area (Å²) in [6.45, 7) is 5.98. The van der Waals surface area contributed by atoms with Crippen LogP contribution in [0.2, 0.25) is 0 Å². The molecule has 1 aromatic heterocycles. The van der Waals surface area contributed by atoms with Crippen LogP contribution in [0.25, 0.3) is 10.9 Å². The largest absolute Gasteiger partial charge is 0.445 e. The van der Waals surface area contributed by atoms with Gasteiger partial charge in [-0.2, -0.15) is 0 Å². The molecule has 0 spiro atoms. The van der Waals surface area contributed by atoms with Crippen molar-refractivity contribution in [3.8, 4) is 0 Å². The molecule has 0 aliphatic carbocycles. The molecule has 230 valence electrons. The fraction of sp³-hybridized carbons (Fsp3) is 0.324. The zero-order chi connectivity index (χ0) is 31.1. The number of piperazine rings is 1. The summed E-state index contributed by atoms with van der Waals surface area (Å²) in [7, 11) is 0. The van der Waals surface area contributed by atoms with E-state index in [1.165, 1.54) is 0 Å².